The van der Waals surface area contributed by atoms with Crippen molar-refractivity contribution in [3.63, 3.8) is 0 Å². The summed E-state index contributed by atoms with van der Waals surface area (Å²) in [5.41, 5.74) is 1.00. The number of hydrogen-bond acceptors (Lipinski definition) is 4. The zero-order valence-electron chi connectivity index (χ0n) is 10.4. The summed E-state index contributed by atoms with van der Waals surface area (Å²) in [4.78, 5) is 10.2. The maximum Gasteiger partial charge on any atom is 0.324 e. The van der Waals surface area contributed by atoms with Crippen molar-refractivity contribution in [2.24, 2.45) is 0 Å². The third-order valence-electron chi connectivity index (χ3n) is 2.72. The van der Waals surface area contributed by atoms with Crippen molar-refractivity contribution < 1.29 is 4.92 Å². The molecular weight excluding hydrogens is 236 g/mol. The number of unbranched alkanes of at least 4 members (excludes halogenated alkanes) is 2. The van der Waals surface area contributed by atoms with Crippen molar-refractivity contribution in [3.05, 3.63) is 27.1 Å². The molecule has 0 fully saturated rings. The topological polar surface area (TPSA) is 55.2 Å². The van der Waals surface area contributed by atoms with Gasteiger partial charge in [0, 0.05) is 24.0 Å². The number of hydrogen-bond donors (Lipinski definition) is 1. The zero-order chi connectivity index (χ0) is 12.7. The Balaban J connectivity index is 2.26. The second-order valence-electron chi connectivity index (χ2n) is 4.33. The van der Waals surface area contributed by atoms with Crippen molar-refractivity contribution in [2.45, 2.75) is 52.1 Å². The Labute approximate surface area is 106 Å². The highest BCUT2D eigenvalue weighted by atomic mass is 32.1. The lowest BCUT2D eigenvalue weighted by molar-refractivity contribution is -0.380. The monoisotopic (exact) mass is 256 g/mol. The van der Waals surface area contributed by atoms with Crippen LogP contribution in [0.3, 0.4) is 0 Å². The van der Waals surface area contributed by atoms with Crippen LogP contribution in [-0.2, 0) is 6.54 Å². The minimum absolute atomic E-state index is 0.223. The molecule has 17 heavy (non-hydrogen) atoms. The number of rotatable bonds is 8. The summed E-state index contributed by atoms with van der Waals surface area (Å²) in [6.07, 6.45) is 4.92. The third kappa shape index (κ3) is 5.28. The quantitative estimate of drug-likeness (QED) is 0.438. The lowest BCUT2D eigenvalue weighted by Crippen LogP contribution is -2.25. The van der Waals surface area contributed by atoms with Crippen LogP contribution in [0.5, 0.6) is 0 Å². The molecule has 1 rings (SSSR count). The normalized spacial score (nSPS) is 12.6. The molecule has 1 unspecified atom stereocenters. The second-order valence-corrected chi connectivity index (χ2v) is 5.22. The molecule has 1 heterocycles. The molecule has 0 aliphatic carbocycles. The van der Waals surface area contributed by atoms with Gasteiger partial charge in [-0.15, -0.1) is 0 Å². The molecule has 1 atom stereocenters. The highest BCUT2D eigenvalue weighted by Gasteiger charge is 2.09. The van der Waals surface area contributed by atoms with Crippen LogP contribution < -0.4 is 5.32 Å². The minimum atomic E-state index is -0.334. The van der Waals surface area contributed by atoms with Crippen molar-refractivity contribution in [3.8, 4) is 0 Å². The van der Waals surface area contributed by atoms with E-state index in [1.54, 1.807) is 6.07 Å². The summed E-state index contributed by atoms with van der Waals surface area (Å²) in [6, 6.07) is 2.12. The first-order valence-corrected chi connectivity index (χ1v) is 6.96. The van der Waals surface area contributed by atoms with Crippen molar-refractivity contribution in [1.29, 1.82) is 0 Å². The fourth-order valence-electron chi connectivity index (χ4n) is 1.65. The van der Waals surface area contributed by atoms with Crippen molar-refractivity contribution in [2.75, 3.05) is 0 Å². The van der Waals surface area contributed by atoms with E-state index >= 15 is 0 Å². The summed E-state index contributed by atoms with van der Waals surface area (Å²) in [6.45, 7) is 5.08. The van der Waals surface area contributed by atoms with Gasteiger partial charge in [-0.05, 0) is 18.9 Å². The Hall–Kier alpha value is -0.940. The van der Waals surface area contributed by atoms with Gasteiger partial charge >= 0.3 is 5.00 Å². The van der Waals surface area contributed by atoms with Gasteiger partial charge in [0.1, 0.15) is 0 Å². The van der Waals surface area contributed by atoms with E-state index in [1.165, 1.54) is 37.0 Å². The number of nitro groups is 1. The largest absolute Gasteiger partial charge is 0.324 e. The molecule has 1 aromatic heterocycles. The van der Waals surface area contributed by atoms with Crippen LogP contribution in [-0.4, -0.2) is 11.0 Å². The third-order valence-corrected chi connectivity index (χ3v) is 3.64. The second kappa shape index (κ2) is 7.40. The molecule has 0 bridgehead atoms. The molecule has 0 saturated heterocycles. The van der Waals surface area contributed by atoms with Gasteiger partial charge in [-0.2, -0.15) is 0 Å². The van der Waals surface area contributed by atoms with E-state index < -0.39 is 0 Å². The number of nitrogens with zero attached hydrogens (tertiary/aromatic N) is 1. The molecule has 0 spiro atoms. The number of nitrogens with one attached hydrogen (secondary N) is 1. The Morgan fingerprint density at radius 1 is 1.53 bits per heavy atom. The van der Waals surface area contributed by atoms with Gasteiger partial charge in [-0.3, -0.25) is 10.1 Å². The van der Waals surface area contributed by atoms with E-state index in [4.69, 9.17) is 0 Å². The molecule has 0 radical (unpaired) electrons. The highest BCUT2D eigenvalue weighted by Crippen LogP contribution is 2.22. The van der Waals surface area contributed by atoms with Crippen LogP contribution in [0.2, 0.25) is 0 Å². The molecule has 5 heteroatoms. The lowest BCUT2D eigenvalue weighted by Gasteiger charge is -2.12. The Morgan fingerprint density at radius 2 is 2.29 bits per heavy atom. The predicted molar refractivity (Wildman–Crippen MR) is 71.4 cm³/mol. The molecule has 0 aliphatic heterocycles. The molecular formula is C12H20N2O2S. The van der Waals surface area contributed by atoms with E-state index in [9.17, 15) is 10.1 Å². The SMILES string of the molecule is CCCCCC(C)NCc1csc([N+](=O)[O-])c1. The highest BCUT2D eigenvalue weighted by molar-refractivity contribution is 7.13. The number of thiophene rings is 1. The first-order chi connectivity index (χ1) is 8.13. The van der Waals surface area contributed by atoms with E-state index in [2.05, 4.69) is 19.2 Å². The van der Waals surface area contributed by atoms with E-state index in [-0.39, 0.29) is 9.92 Å². The Bertz CT molecular complexity index is 352. The molecule has 0 aliphatic rings. The molecule has 0 aromatic carbocycles. The summed E-state index contributed by atoms with van der Waals surface area (Å²) in [5.74, 6) is 0. The van der Waals surface area contributed by atoms with Crippen molar-refractivity contribution >= 4 is 16.3 Å². The van der Waals surface area contributed by atoms with Gasteiger partial charge in [-0.1, -0.05) is 37.5 Å². The van der Waals surface area contributed by atoms with Crippen LogP contribution in [0.1, 0.15) is 45.1 Å². The van der Waals surface area contributed by atoms with Gasteiger partial charge in [0.2, 0.25) is 0 Å². The zero-order valence-corrected chi connectivity index (χ0v) is 11.3. The lowest BCUT2D eigenvalue weighted by atomic mass is 10.1. The van der Waals surface area contributed by atoms with Crippen molar-refractivity contribution in [1.82, 2.24) is 5.32 Å². The first-order valence-electron chi connectivity index (χ1n) is 6.08. The van der Waals surface area contributed by atoms with Gasteiger partial charge in [0.25, 0.3) is 0 Å². The van der Waals surface area contributed by atoms with Gasteiger partial charge < -0.3 is 5.32 Å². The summed E-state index contributed by atoms with van der Waals surface area (Å²) < 4.78 is 0. The molecule has 1 N–H and O–H groups in total. The smallest absolute Gasteiger partial charge is 0.310 e. The fourth-order valence-corrected chi connectivity index (χ4v) is 2.37. The van der Waals surface area contributed by atoms with E-state index in [0.29, 0.717) is 6.04 Å². The van der Waals surface area contributed by atoms with Crippen LogP contribution in [0, 0.1) is 10.1 Å². The molecule has 0 saturated carbocycles. The molecule has 1 aromatic rings. The van der Waals surface area contributed by atoms with Gasteiger partial charge in [0.15, 0.2) is 0 Å². The summed E-state index contributed by atoms with van der Waals surface area (Å²) in [7, 11) is 0. The van der Waals surface area contributed by atoms with Gasteiger partial charge in [0.05, 0.1) is 4.92 Å². The average Bonchev–Trinajstić information content (AvgIpc) is 2.75. The summed E-state index contributed by atoms with van der Waals surface area (Å²) >= 11 is 1.19. The van der Waals surface area contributed by atoms with E-state index in [1.807, 2.05) is 5.38 Å². The Kier molecular flexibility index (Phi) is 6.15. The maximum absolute atomic E-state index is 10.5. The Morgan fingerprint density at radius 3 is 2.88 bits per heavy atom. The average molecular weight is 256 g/mol. The fraction of sp³-hybridized carbons (Fsp3) is 0.667. The molecule has 0 amide bonds. The first kappa shape index (κ1) is 14.1. The van der Waals surface area contributed by atoms with Crippen LogP contribution >= 0.6 is 11.3 Å². The predicted octanol–water partition coefficient (Wildman–Crippen LogP) is 3.71. The van der Waals surface area contributed by atoms with Crippen LogP contribution in [0.25, 0.3) is 0 Å². The van der Waals surface area contributed by atoms with Crippen LogP contribution in [0.15, 0.2) is 11.4 Å². The minimum Gasteiger partial charge on any atom is -0.310 e. The standard InChI is InChI=1S/C12H20N2O2S/c1-3-4-5-6-10(2)13-8-11-7-12(14(15)16)17-9-11/h7,9-10,13H,3-6,8H2,1-2H3. The van der Waals surface area contributed by atoms with Crippen LogP contribution in [0.4, 0.5) is 5.00 Å². The molecule has 96 valence electrons. The maximum atomic E-state index is 10.5. The van der Waals surface area contributed by atoms with E-state index in [0.717, 1.165) is 12.1 Å². The molecule has 4 nitrogen and oxygen atoms in total. The van der Waals surface area contributed by atoms with Gasteiger partial charge in [-0.25, -0.2) is 0 Å². The summed E-state index contributed by atoms with van der Waals surface area (Å²) in [5, 5.41) is 16.0.